The molecule has 0 saturated carbocycles. The smallest absolute Gasteiger partial charge is 0.287 e. The molecule has 150 valence electrons. The van der Waals surface area contributed by atoms with Crippen LogP contribution in [0.5, 0.6) is 0 Å². The third kappa shape index (κ3) is 4.16. The van der Waals surface area contributed by atoms with Crippen LogP contribution in [0, 0.1) is 17.7 Å². The molecule has 4 aromatic rings. The minimum atomic E-state index is -0.438. The van der Waals surface area contributed by atoms with Gasteiger partial charge in [-0.15, -0.1) is 11.3 Å². The van der Waals surface area contributed by atoms with Crippen molar-refractivity contribution in [3.63, 3.8) is 0 Å². The highest BCUT2D eigenvalue weighted by Crippen LogP contribution is 2.21. The van der Waals surface area contributed by atoms with Gasteiger partial charge < -0.3 is 0 Å². The monoisotopic (exact) mass is 482 g/mol. The third-order valence-electron chi connectivity index (χ3n) is 4.63. The van der Waals surface area contributed by atoms with E-state index in [1.807, 2.05) is 24.3 Å². The Balaban J connectivity index is 1.70. The van der Waals surface area contributed by atoms with Gasteiger partial charge in [0, 0.05) is 17.9 Å². The Hall–Kier alpha value is -2.95. The van der Waals surface area contributed by atoms with Crippen LogP contribution in [0.3, 0.4) is 0 Å². The molecule has 0 amide bonds. The van der Waals surface area contributed by atoms with Gasteiger partial charge in [-0.1, -0.05) is 52.0 Å². The SMILES string of the molecule is Cn1c(=O)n(Cc2cccc(F)c2)c(=O)c2cc(C#CCc3cccc(Br)c3)sc21. The summed E-state index contributed by atoms with van der Waals surface area (Å²) in [5.74, 6) is 5.81. The maximum Gasteiger partial charge on any atom is 0.332 e. The van der Waals surface area contributed by atoms with Crippen LogP contribution in [0.1, 0.15) is 16.0 Å². The van der Waals surface area contributed by atoms with Gasteiger partial charge in [-0.2, -0.15) is 0 Å². The fraction of sp³-hybridized carbons (Fsp3) is 0.130. The highest BCUT2D eigenvalue weighted by atomic mass is 79.9. The van der Waals surface area contributed by atoms with Crippen molar-refractivity contribution >= 4 is 37.5 Å². The number of benzene rings is 2. The number of hydrogen-bond donors (Lipinski definition) is 0. The average molecular weight is 483 g/mol. The van der Waals surface area contributed by atoms with E-state index in [9.17, 15) is 14.0 Å². The molecule has 4 nitrogen and oxygen atoms in total. The number of aryl methyl sites for hydroxylation is 1. The van der Waals surface area contributed by atoms with Gasteiger partial charge in [0.25, 0.3) is 5.56 Å². The lowest BCUT2D eigenvalue weighted by Gasteiger charge is -2.08. The molecule has 4 rings (SSSR count). The van der Waals surface area contributed by atoms with E-state index in [4.69, 9.17) is 0 Å². The van der Waals surface area contributed by atoms with E-state index >= 15 is 0 Å². The van der Waals surface area contributed by atoms with Gasteiger partial charge >= 0.3 is 5.69 Å². The zero-order valence-corrected chi connectivity index (χ0v) is 18.4. The number of aromatic nitrogens is 2. The molecule has 0 bridgehead atoms. The summed E-state index contributed by atoms with van der Waals surface area (Å²) in [6.45, 7) is 0.0128. The number of nitrogens with zero attached hydrogens (tertiary/aromatic N) is 2. The summed E-state index contributed by atoms with van der Waals surface area (Å²) in [6, 6.07) is 15.5. The van der Waals surface area contributed by atoms with Crippen molar-refractivity contribution in [2.45, 2.75) is 13.0 Å². The molecule has 2 aromatic carbocycles. The molecule has 2 heterocycles. The largest absolute Gasteiger partial charge is 0.332 e. The average Bonchev–Trinajstić information content (AvgIpc) is 3.14. The van der Waals surface area contributed by atoms with Gasteiger partial charge in [-0.05, 0) is 41.5 Å². The van der Waals surface area contributed by atoms with Gasteiger partial charge in [0.2, 0.25) is 0 Å². The summed E-state index contributed by atoms with van der Waals surface area (Å²) in [6.07, 6.45) is 0.580. The van der Waals surface area contributed by atoms with Crippen LogP contribution in [0.25, 0.3) is 10.2 Å². The van der Waals surface area contributed by atoms with E-state index in [1.165, 1.54) is 28.0 Å². The van der Waals surface area contributed by atoms with Crippen LogP contribution < -0.4 is 11.2 Å². The molecule has 0 aliphatic heterocycles. The molecule has 0 aliphatic carbocycles. The Morgan fingerprint density at radius 1 is 1.07 bits per heavy atom. The fourth-order valence-corrected chi connectivity index (χ4v) is 4.61. The van der Waals surface area contributed by atoms with Gasteiger partial charge in [-0.25, -0.2) is 9.18 Å². The van der Waals surface area contributed by atoms with Gasteiger partial charge in [0.05, 0.1) is 16.8 Å². The molecule has 0 aliphatic rings. The first-order chi connectivity index (χ1) is 14.4. The first kappa shape index (κ1) is 20.3. The Morgan fingerprint density at radius 3 is 2.60 bits per heavy atom. The van der Waals surface area contributed by atoms with E-state index in [0.717, 1.165) is 19.5 Å². The summed E-state index contributed by atoms with van der Waals surface area (Å²) in [4.78, 5) is 27.0. The number of fused-ring (bicyclic) bond motifs is 1. The predicted octanol–water partition coefficient (Wildman–Crippen LogP) is 4.31. The summed E-state index contributed by atoms with van der Waals surface area (Å²) >= 11 is 4.76. The van der Waals surface area contributed by atoms with Crippen molar-refractivity contribution in [2.24, 2.45) is 7.05 Å². The number of hydrogen-bond acceptors (Lipinski definition) is 3. The van der Waals surface area contributed by atoms with Gasteiger partial charge in [-0.3, -0.25) is 13.9 Å². The lowest BCUT2D eigenvalue weighted by molar-refractivity contribution is 0.618. The molecular formula is C23H16BrFN2O2S. The van der Waals surface area contributed by atoms with Crippen LogP contribution in [0.15, 0.2) is 68.7 Å². The predicted molar refractivity (Wildman–Crippen MR) is 122 cm³/mol. The van der Waals surface area contributed by atoms with Crippen LogP contribution in [-0.2, 0) is 20.0 Å². The second kappa shape index (κ2) is 8.42. The Bertz CT molecular complexity index is 1440. The lowest BCUT2D eigenvalue weighted by atomic mass is 10.1. The second-order valence-electron chi connectivity index (χ2n) is 6.80. The van der Waals surface area contributed by atoms with Gasteiger partial charge in [0.15, 0.2) is 0 Å². The molecule has 0 N–H and O–H groups in total. The molecule has 0 fully saturated rings. The third-order valence-corrected chi connectivity index (χ3v) is 6.25. The van der Waals surface area contributed by atoms with Crippen LogP contribution in [0.4, 0.5) is 4.39 Å². The Labute approximate surface area is 184 Å². The molecular weight excluding hydrogens is 467 g/mol. The molecule has 0 saturated heterocycles. The topological polar surface area (TPSA) is 44.0 Å². The lowest BCUT2D eigenvalue weighted by Crippen LogP contribution is -2.38. The Morgan fingerprint density at radius 2 is 1.83 bits per heavy atom. The standard InChI is InChI=1S/C23H16BrFN2O2S/c1-26-22-20(13-19(30-22)10-4-6-15-5-2-8-17(24)11-15)21(28)27(23(26)29)14-16-7-3-9-18(25)12-16/h2-3,5,7-9,11-13H,6,14H2,1H3. The van der Waals surface area contributed by atoms with Crippen molar-refractivity contribution in [1.82, 2.24) is 9.13 Å². The number of thiophene rings is 1. The zero-order chi connectivity index (χ0) is 21.3. The second-order valence-corrected chi connectivity index (χ2v) is 8.75. The van der Waals surface area contributed by atoms with E-state index in [1.54, 1.807) is 25.2 Å². The van der Waals surface area contributed by atoms with Crippen LogP contribution >= 0.6 is 27.3 Å². The summed E-state index contributed by atoms with van der Waals surface area (Å²) in [5.41, 5.74) is 0.807. The number of rotatable bonds is 3. The van der Waals surface area contributed by atoms with E-state index < -0.39 is 17.1 Å². The first-order valence-corrected chi connectivity index (χ1v) is 10.7. The van der Waals surface area contributed by atoms with E-state index in [-0.39, 0.29) is 6.54 Å². The quantitative estimate of drug-likeness (QED) is 0.408. The highest BCUT2D eigenvalue weighted by molar-refractivity contribution is 9.10. The van der Waals surface area contributed by atoms with Gasteiger partial charge in [0.1, 0.15) is 10.6 Å². The summed E-state index contributed by atoms with van der Waals surface area (Å²) < 4.78 is 17.1. The minimum Gasteiger partial charge on any atom is -0.287 e. The molecule has 0 atom stereocenters. The van der Waals surface area contributed by atoms with Crippen molar-refractivity contribution < 1.29 is 4.39 Å². The molecule has 0 spiro atoms. The Kier molecular flexibility index (Phi) is 5.71. The van der Waals surface area contributed by atoms with Crippen molar-refractivity contribution in [3.8, 4) is 11.8 Å². The maximum atomic E-state index is 13.5. The zero-order valence-electron chi connectivity index (χ0n) is 16.0. The summed E-state index contributed by atoms with van der Waals surface area (Å²) in [7, 11) is 1.63. The molecule has 0 unspecified atom stereocenters. The van der Waals surface area contributed by atoms with E-state index in [2.05, 4.69) is 27.8 Å². The maximum absolute atomic E-state index is 13.5. The fourth-order valence-electron chi connectivity index (χ4n) is 3.18. The van der Waals surface area contributed by atoms with Crippen molar-refractivity contribution in [2.75, 3.05) is 0 Å². The molecule has 0 radical (unpaired) electrons. The van der Waals surface area contributed by atoms with Crippen molar-refractivity contribution in [3.05, 3.63) is 102 Å². The molecule has 7 heteroatoms. The normalized spacial score (nSPS) is 10.8. The van der Waals surface area contributed by atoms with E-state index in [0.29, 0.717) is 22.2 Å². The molecule has 2 aromatic heterocycles. The minimum absolute atomic E-state index is 0.0128. The van der Waals surface area contributed by atoms with Crippen LogP contribution in [0.2, 0.25) is 0 Å². The molecule has 30 heavy (non-hydrogen) atoms. The summed E-state index contributed by atoms with van der Waals surface area (Å²) in [5, 5.41) is 0.435. The highest BCUT2D eigenvalue weighted by Gasteiger charge is 2.14. The first-order valence-electron chi connectivity index (χ1n) is 9.13. The number of halogens is 2. The van der Waals surface area contributed by atoms with Crippen molar-refractivity contribution in [1.29, 1.82) is 0 Å². The van der Waals surface area contributed by atoms with Crippen LogP contribution in [-0.4, -0.2) is 9.13 Å².